The Morgan fingerprint density at radius 2 is 2.23 bits per heavy atom. The lowest BCUT2D eigenvalue weighted by molar-refractivity contribution is -0.121. The second-order valence-corrected chi connectivity index (χ2v) is 4.13. The summed E-state index contributed by atoms with van der Waals surface area (Å²) in [4.78, 5) is 13.6. The van der Waals surface area contributed by atoms with Crippen molar-refractivity contribution in [2.45, 2.75) is 44.7 Å². The number of nitrogens with one attached hydrogen (secondary N) is 1. The van der Waals surface area contributed by atoms with Gasteiger partial charge in [0.15, 0.2) is 0 Å². The highest BCUT2D eigenvalue weighted by atomic mass is 16.1. The summed E-state index contributed by atoms with van der Waals surface area (Å²) in [7, 11) is 0. The Balaban J connectivity index is 1.74. The third-order valence-corrected chi connectivity index (χ3v) is 2.97. The van der Waals surface area contributed by atoms with Crippen molar-refractivity contribution < 1.29 is 4.79 Å². The molecule has 3 nitrogen and oxygen atoms in total. The van der Waals surface area contributed by atoms with E-state index in [4.69, 9.17) is 0 Å². The molecule has 0 aromatic heterocycles. The van der Waals surface area contributed by atoms with Crippen molar-refractivity contribution in [3.63, 3.8) is 0 Å². The van der Waals surface area contributed by atoms with Gasteiger partial charge in [-0.15, -0.1) is 0 Å². The SMILES string of the molecule is CCC(=O)NC1CCN(C2CC2)C1. The minimum Gasteiger partial charge on any atom is -0.352 e. The van der Waals surface area contributed by atoms with Crippen molar-refractivity contribution in [1.29, 1.82) is 0 Å². The van der Waals surface area contributed by atoms with E-state index in [0.717, 1.165) is 19.0 Å². The quantitative estimate of drug-likeness (QED) is 0.698. The Morgan fingerprint density at radius 3 is 2.85 bits per heavy atom. The molecule has 2 aliphatic rings. The lowest BCUT2D eigenvalue weighted by atomic mass is 10.2. The highest BCUT2D eigenvalue weighted by Crippen LogP contribution is 2.29. The van der Waals surface area contributed by atoms with Gasteiger partial charge in [0, 0.05) is 31.6 Å². The zero-order valence-corrected chi connectivity index (χ0v) is 8.25. The summed E-state index contributed by atoms with van der Waals surface area (Å²) in [6.45, 7) is 4.17. The molecule has 0 aromatic rings. The van der Waals surface area contributed by atoms with Gasteiger partial charge in [-0.3, -0.25) is 9.69 Å². The third-order valence-electron chi connectivity index (χ3n) is 2.97. The van der Waals surface area contributed by atoms with Gasteiger partial charge < -0.3 is 5.32 Å². The van der Waals surface area contributed by atoms with E-state index in [-0.39, 0.29) is 5.91 Å². The fourth-order valence-corrected chi connectivity index (χ4v) is 2.01. The van der Waals surface area contributed by atoms with E-state index < -0.39 is 0 Å². The average Bonchev–Trinajstić information content (AvgIpc) is 2.88. The zero-order valence-electron chi connectivity index (χ0n) is 8.25. The summed E-state index contributed by atoms with van der Waals surface area (Å²) in [5.41, 5.74) is 0. The number of hydrogen-bond donors (Lipinski definition) is 1. The molecule has 1 N–H and O–H groups in total. The second kappa shape index (κ2) is 3.66. The first kappa shape index (κ1) is 9.00. The molecule has 1 heterocycles. The molecule has 13 heavy (non-hydrogen) atoms. The Kier molecular flexibility index (Phi) is 2.54. The zero-order chi connectivity index (χ0) is 9.26. The smallest absolute Gasteiger partial charge is 0.219 e. The van der Waals surface area contributed by atoms with Crippen molar-refractivity contribution in [2.75, 3.05) is 13.1 Å². The molecule has 1 aliphatic heterocycles. The highest BCUT2D eigenvalue weighted by Gasteiger charge is 2.34. The Hall–Kier alpha value is -0.570. The topological polar surface area (TPSA) is 32.3 Å². The standard InChI is InChI=1S/C10H18N2O/c1-2-10(13)11-8-5-6-12(7-8)9-3-4-9/h8-9H,2-7H2,1H3,(H,11,13). The van der Waals surface area contributed by atoms with Crippen LogP contribution in [0, 0.1) is 0 Å². The van der Waals surface area contributed by atoms with Crippen LogP contribution in [0.25, 0.3) is 0 Å². The normalized spacial score (nSPS) is 29.2. The lowest BCUT2D eigenvalue weighted by Crippen LogP contribution is -2.37. The van der Waals surface area contributed by atoms with Crippen LogP contribution in [0.1, 0.15) is 32.6 Å². The van der Waals surface area contributed by atoms with Gasteiger partial charge in [-0.05, 0) is 19.3 Å². The van der Waals surface area contributed by atoms with Crippen LogP contribution < -0.4 is 5.32 Å². The number of carbonyl (C=O) groups is 1. The molecule has 1 saturated carbocycles. The van der Waals surface area contributed by atoms with Gasteiger partial charge in [0.1, 0.15) is 0 Å². The number of nitrogens with zero attached hydrogens (tertiary/aromatic N) is 1. The Bertz CT molecular complexity index is 201. The lowest BCUT2D eigenvalue weighted by Gasteiger charge is -2.15. The molecule has 2 rings (SSSR count). The third kappa shape index (κ3) is 2.21. The van der Waals surface area contributed by atoms with E-state index in [1.54, 1.807) is 0 Å². The minimum absolute atomic E-state index is 0.197. The highest BCUT2D eigenvalue weighted by molar-refractivity contribution is 5.75. The number of carbonyl (C=O) groups excluding carboxylic acids is 1. The minimum atomic E-state index is 0.197. The van der Waals surface area contributed by atoms with E-state index in [2.05, 4.69) is 10.2 Å². The van der Waals surface area contributed by atoms with Gasteiger partial charge in [-0.25, -0.2) is 0 Å². The van der Waals surface area contributed by atoms with Crippen LogP contribution in [0.3, 0.4) is 0 Å². The Morgan fingerprint density at radius 1 is 1.46 bits per heavy atom. The number of rotatable bonds is 3. The van der Waals surface area contributed by atoms with E-state index in [0.29, 0.717) is 12.5 Å². The molecule has 0 spiro atoms. The maximum Gasteiger partial charge on any atom is 0.219 e. The van der Waals surface area contributed by atoms with Gasteiger partial charge in [-0.1, -0.05) is 6.92 Å². The van der Waals surface area contributed by atoms with Gasteiger partial charge in [-0.2, -0.15) is 0 Å². The molecule has 1 atom stereocenters. The van der Waals surface area contributed by atoms with Gasteiger partial charge in [0.05, 0.1) is 0 Å². The number of amides is 1. The second-order valence-electron chi connectivity index (χ2n) is 4.13. The molecule has 1 unspecified atom stereocenters. The predicted octanol–water partition coefficient (Wildman–Crippen LogP) is 0.749. The van der Waals surface area contributed by atoms with E-state index >= 15 is 0 Å². The average molecular weight is 182 g/mol. The maximum atomic E-state index is 11.1. The molecular weight excluding hydrogens is 164 g/mol. The monoisotopic (exact) mass is 182 g/mol. The molecule has 74 valence electrons. The van der Waals surface area contributed by atoms with Crippen molar-refractivity contribution in [3.8, 4) is 0 Å². The van der Waals surface area contributed by atoms with Crippen LogP contribution in [-0.2, 0) is 4.79 Å². The van der Waals surface area contributed by atoms with E-state index in [9.17, 15) is 4.79 Å². The molecule has 1 saturated heterocycles. The Labute approximate surface area is 79.5 Å². The van der Waals surface area contributed by atoms with Crippen LogP contribution in [0.15, 0.2) is 0 Å². The van der Waals surface area contributed by atoms with Crippen molar-refractivity contribution in [2.24, 2.45) is 0 Å². The van der Waals surface area contributed by atoms with Gasteiger partial charge in [0.2, 0.25) is 5.91 Å². The summed E-state index contributed by atoms with van der Waals surface area (Å²) >= 11 is 0. The van der Waals surface area contributed by atoms with Crippen LogP contribution >= 0.6 is 0 Å². The molecule has 3 heteroatoms. The van der Waals surface area contributed by atoms with Crippen LogP contribution in [0.5, 0.6) is 0 Å². The molecule has 1 amide bonds. The molecule has 2 fully saturated rings. The van der Waals surface area contributed by atoms with Crippen molar-refractivity contribution in [3.05, 3.63) is 0 Å². The summed E-state index contributed by atoms with van der Waals surface area (Å²) in [5, 5.41) is 3.06. The molecule has 0 radical (unpaired) electrons. The molecule has 0 aromatic carbocycles. The summed E-state index contributed by atoms with van der Waals surface area (Å²) in [5.74, 6) is 0.197. The fraction of sp³-hybridized carbons (Fsp3) is 0.900. The van der Waals surface area contributed by atoms with Crippen molar-refractivity contribution in [1.82, 2.24) is 10.2 Å². The maximum absolute atomic E-state index is 11.1. The first-order valence-corrected chi connectivity index (χ1v) is 5.33. The van der Waals surface area contributed by atoms with Gasteiger partial charge in [0.25, 0.3) is 0 Å². The largest absolute Gasteiger partial charge is 0.352 e. The predicted molar refractivity (Wildman–Crippen MR) is 51.4 cm³/mol. The number of hydrogen-bond acceptors (Lipinski definition) is 2. The number of likely N-dealkylation sites (tertiary alicyclic amines) is 1. The first-order valence-electron chi connectivity index (χ1n) is 5.33. The fourth-order valence-electron chi connectivity index (χ4n) is 2.01. The molecule has 1 aliphatic carbocycles. The van der Waals surface area contributed by atoms with E-state index in [1.165, 1.54) is 19.4 Å². The first-order chi connectivity index (χ1) is 6.29. The van der Waals surface area contributed by atoms with Gasteiger partial charge >= 0.3 is 0 Å². The van der Waals surface area contributed by atoms with E-state index in [1.807, 2.05) is 6.92 Å². The van der Waals surface area contributed by atoms with Crippen molar-refractivity contribution >= 4 is 5.91 Å². The molecular formula is C10H18N2O. The molecule has 0 bridgehead atoms. The van der Waals surface area contributed by atoms with Crippen LogP contribution in [-0.4, -0.2) is 36.0 Å². The summed E-state index contributed by atoms with van der Waals surface area (Å²) in [6, 6.07) is 1.27. The van der Waals surface area contributed by atoms with Crippen LogP contribution in [0.2, 0.25) is 0 Å². The van der Waals surface area contributed by atoms with Crippen LogP contribution in [0.4, 0.5) is 0 Å². The summed E-state index contributed by atoms with van der Waals surface area (Å²) < 4.78 is 0. The summed E-state index contributed by atoms with van der Waals surface area (Å²) in [6.07, 6.45) is 4.49.